The van der Waals surface area contributed by atoms with Gasteiger partial charge in [-0.05, 0) is 48.4 Å². The normalized spacial score (nSPS) is 16.9. The molecule has 0 spiro atoms. The third kappa shape index (κ3) is 6.19. The molecular weight excluding hydrogens is 382 g/mol. The Morgan fingerprint density at radius 3 is 2.54 bits per heavy atom. The summed E-state index contributed by atoms with van der Waals surface area (Å²) in [5.74, 6) is 2.48. The summed E-state index contributed by atoms with van der Waals surface area (Å²) in [5, 5.41) is 9.32. The molecule has 1 fully saturated rings. The molecule has 1 heterocycles. The number of morpholine rings is 1. The lowest BCUT2D eigenvalue weighted by Gasteiger charge is -2.32. The highest BCUT2D eigenvalue weighted by molar-refractivity contribution is 5.85. The third-order valence-electron chi connectivity index (χ3n) is 4.66. The average molecular weight is 410 g/mol. The van der Waals surface area contributed by atoms with Crippen molar-refractivity contribution in [1.82, 2.24) is 4.90 Å². The van der Waals surface area contributed by atoms with Gasteiger partial charge in [0.25, 0.3) is 0 Å². The molecule has 0 amide bonds. The van der Waals surface area contributed by atoms with Crippen molar-refractivity contribution in [2.24, 2.45) is 0 Å². The van der Waals surface area contributed by atoms with Gasteiger partial charge >= 0.3 is 0 Å². The van der Waals surface area contributed by atoms with Crippen LogP contribution in [0.2, 0.25) is 0 Å². The van der Waals surface area contributed by atoms with Crippen LogP contribution >= 0.6 is 12.4 Å². The highest BCUT2D eigenvalue weighted by Crippen LogP contribution is 2.27. The Kier molecular flexibility index (Phi) is 8.70. The second-order valence-electron chi connectivity index (χ2n) is 6.54. The molecule has 7 heteroatoms. The number of rotatable bonds is 8. The van der Waals surface area contributed by atoms with E-state index in [1.807, 2.05) is 12.1 Å². The molecule has 0 aromatic heterocycles. The Balaban J connectivity index is 0.00000280. The first-order valence-corrected chi connectivity index (χ1v) is 9.14. The molecular formula is C21H28ClNO5. The van der Waals surface area contributed by atoms with Gasteiger partial charge < -0.3 is 24.1 Å². The minimum absolute atomic E-state index is 0. The maximum atomic E-state index is 9.32. The second kappa shape index (κ2) is 11.0. The summed E-state index contributed by atoms with van der Waals surface area (Å²) in [6.07, 6.45) is 0.976. The summed E-state index contributed by atoms with van der Waals surface area (Å²) in [5.41, 5.74) is 1.22. The van der Waals surface area contributed by atoms with Gasteiger partial charge in [0.1, 0.15) is 24.2 Å². The second-order valence-corrected chi connectivity index (χ2v) is 6.54. The maximum absolute atomic E-state index is 9.32. The van der Waals surface area contributed by atoms with Crippen molar-refractivity contribution in [2.75, 3.05) is 47.1 Å². The van der Waals surface area contributed by atoms with Gasteiger partial charge in [0.05, 0.1) is 20.8 Å². The number of phenols is 1. The van der Waals surface area contributed by atoms with Crippen LogP contribution in [0.1, 0.15) is 5.56 Å². The molecule has 1 aliphatic rings. The fourth-order valence-corrected chi connectivity index (χ4v) is 3.14. The monoisotopic (exact) mass is 409 g/mol. The summed E-state index contributed by atoms with van der Waals surface area (Å²) in [7, 11) is 3.30. The zero-order valence-corrected chi connectivity index (χ0v) is 17.1. The third-order valence-corrected chi connectivity index (χ3v) is 4.66. The Hall–Kier alpha value is -2.15. The number of phenolic OH excluding ortho intramolecular Hbond substituents is 1. The first kappa shape index (κ1) is 22.1. The van der Waals surface area contributed by atoms with E-state index in [1.54, 1.807) is 38.5 Å². The standard InChI is InChI=1S/C21H27NO5.ClH/c1-24-20-8-3-16(13-21(20)25-2)9-10-22-11-12-26-19(14-22)15-27-18-6-4-17(23)5-7-18;/h3-8,13,19,23H,9-12,14-15H2,1-2H3;1H. The van der Waals surface area contributed by atoms with Crippen LogP contribution in [0.5, 0.6) is 23.0 Å². The molecule has 28 heavy (non-hydrogen) atoms. The Morgan fingerprint density at radius 2 is 1.82 bits per heavy atom. The number of aromatic hydroxyl groups is 1. The van der Waals surface area contributed by atoms with E-state index >= 15 is 0 Å². The highest BCUT2D eigenvalue weighted by atomic mass is 35.5. The van der Waals surface area contributed by atoms with E-state index in [4.69, 9.17) is 18.9 Å². The van der Waals surface area contributed by atoms with Crippen LogP contribution in [-0.2, 0) is 11.2 Å². The molecule has 1 N–H and O–H groups in total. The van der Waals surface area contributed by atoms with E-state index in [9.17, 15) is 5.11 Å². The maximum Gasteiger partial charge on any atom is 0.160 e. The first-order valence-electron chi connectivity index (χ1n) is 9.14. The highest BCUT2D eigenvalue weighted by Gasteiger charge is 2.21. The lowest BCUT2D eigenvalue weighted by Crippen LogP contribution is -2.45. The van der Waals surface area contributed by atoms with Crippen molar-refractivity contribution in [3.05, 3.63) is 48.0 Å². The lowest BCUT2D eigenvalue weighted by molar-refractivity contribution is -0.0475. The number of hydrogen-bond acceptors (Lipinski definition) is 6. The topological polar surface area (TPSA) is 60.4 Å². The van der Waals surface area contributed by atoms with Crippen LogP contribution in [0.15, 0.2) is 42.5 Å². The number of halogens is 1. The molecule has 3 rings (SSSR count). The molecule has 1 atom stereocenters. The number of nitrogens with zero attached hydrogens (tertiary/aromatic N) is 1. The van der Waals surface area contributed by atoms with Crippen molar-refractivity contribution in [3.8, 4) is 23.0 Å². The largest absolute Gasteiger partial charge is 0.508 e. The van der Waals surface area contributed by atoms with Crippen molar-refractivity contribution in [1.29, 1.82) is 0 Å². The molecule has 1 saturated heterocycles. The summed E-state index contributed by atoms with van der Waals surface area (Å²) in [6.45, 7) is 3.91. The van der Waals surface area contributed by atoms with E-state index in [2.05, 4.69) is 11.0 Å². The van der Waals surface area contributed by atoms with Crippen LogP contribution in [0.3, 0.4) is 0 Å². The number of hydrogen-bond donors (Lipinski definition) is 1. The van der Waals surface area contributed by atoms with E-state index in [-0.39, 0.29) is 24.3 Å². The Morgan fingerprint density at radius 1 is 1.07 bits per heavy atom. The number of benzene rings is 2. The zero-order valence-electron chi connectivity index (χ0n) is 16.3. The van der Waals surface area contributed by atoms with Gasteiger partial charge in [-0.1, -0.05) is 6.07 Å². The van der Waals surface area contributed by atoms with E-state index in [1.165, 1.54) is 5.56 Å². The van der Waals surface area contributed by atoms with Crippen molar-refractivity contribution in [2.45, 2.75) is 12.5 Å². The van der Waals surface area contributed by atoms with Gasteiger partial charge in [-0.25, -0.2) is 0 Å². The van der Waals surface area contributed by atoms with Crippen LogP contribution < -0.4 is 14.2 Å². The summed E-state index contributed by atoms with van der Waals surface area (Å²) in [6, 6.07) is 12.8. The number of ether oxygens (including phenoxy) is 4. The molecule has 0 aliphatic carbocycles. The van der Waals surface area contributed by atoms with Gasteiger partial charge in [-0.3, -0.25) is 4.90 Å². The summed E-state index contributed by atoms with van der Waals surface area (Å²) < 4.78 is 22.3. The first-order chi connectivity index (χ1) is 13.2. The van der Waals surface area contributed by atoms with Gasteiger partial charge in [0.2, 0.25) is 0 Å². The van der Waals surface area contributed by atoms with Crippen molar-refractivity contribution >= 4 is 12.4 Å². The van der Waals surface area contributed by atoms with Crippen LogP contribution in [-0.4, -0.2) is 63.2 Å². The number of methoxy groups -OCH3 is 2. The average Bonchev–Trinajstić information content (AvgIpc) is 2.72. The smallest absolute Gasteiger partial charge is 0.160 e. The molecule has 1 unspecified atom stereocenters. The lowest BCUT2D eigenvalue weighted by atomic mass is 10.1. The molecule has 154 valence electrons. The quantitative estimate of drug-likeness (QED) is 0.722. The molecule has 6 nitrogen and oxygen atoms in total. The molecule has 0 radical (unpaired) electrons. The summed E-state index contributed by atoms with van der Waals surface area (Å²) >= 11 is 0. The van der Waals surface area contributed by atoms with Crippen molar-refractivity contribution < 1.29 is 24.1 Å². The molecule has 0 bridgehead atoms. The van der Waals surface area contributed by atoms with Gasteiger partial charge in [-0.2, -0.15) is 0 Å². The van der Waals surface area contributed by atoms with E-state index < -0.39 is 0 Å². The molecule has 0 saturated carbocycles. The van der Waals surface area contributed by atoms with Gasteiger partial charge in [0, 0.05) is 19.6 Å². The summed E-state index contributed by atoms with van der Waals surface area (Å²) in [4.78, 5) is 2.39. The van der Waals surface area contributed by atoms with Crippen LogP contribution in [0.4, 0.5) is 0 Å². The van der Waals surface area contributed by atoms with Gasteiger partial charge in [-0.15, -0.1) is 12.4 Å². The van der Waals surface area contributed by atoms with Crippen LogP contribution in [0.25, 0.3) is 0 Å². The van der Waals surface area contributed by atoms with Crippen LogP contribution in [0, 0.1) is 0 Å². The molecule has 2 aromatic rings. The Bertz CT molecular complexity index is 725. The fourth-order valence-electron chi connectivity index (χ4n) is 3.14. The van der Waals surface area contributed by atoms with E-state index in [0.29, 0.717) is 13.2 Å². The fraction of sp³-hybridized carbons (Fsp3) is 0.429. The van der Waals surface area contributed by atoms with E-state index in [0.717, 1.165) is 43.3 Å². The minimum atomic E-state index is 0. The zero-order chi connectivity index (χ0) is 19.1. The van der Waals surface area contributed by atoms with Gasteiger partial charge in [0.15, 0.2) is 11.5 Å². The van der Waals surface area contributed by atoms with Crippen molar-refractivity contribution in [3.63, 3.8) is 0 Å². The Labute approximate surface area is 172 Å². The predicted octanol–water partition coefficient (Wildman–Crippen LogP) is 3.15. The minimum Gasteiger partial charge on any atom is -0.508 e. The molecule has 2 aromatic carbocycles. The SMILES string of the molecule is COc1ccc(CCN2CCOC(COc3ccc(O)cc3)C2)cc1OC.Cl. The predicted molar refractivity (Wildman–Crippen MR) is 110 cm³/mol. The molecule has 1 aliphatic heterocycles.